The average Bonchev–Trinajstić information content (AvgIpc) is 2.76. The van der Waals surface area contributed by atoms with Crippen LogP contribution in [0.1, 0.15) is 41.3 Å². The zero-order valence-electron chi connectivity index (χ0n) is 17.3. The molecule has 6 nitrogen and oxygen atoms in total. The van der Waals surface area contributed by atoms with Crippen LogP contribution in [0.5, 0.6) is 5.75 Å². The number of hydrogen-bond acceptors (Lipinski definition) is 4. The fourth-order valence-electron chi connectivity index (χ4n) is 2.88. The predicted molar refractivity (Wildman–Crippen MR) is 123 cm³/mol. The number of unbranched alkanes of at least 4 members (excludes halogenated alkanes) is 1. The van der Waals surface area contributed by atoms with Gasteiger partial charge in [0.1, 0.15) is 11.3 Å². The molecule has 2 aromatic carbocycles. The molecule has 0 fully saturated rings. The molecule has 0 aliphatic rings. The Balaban J connectivity index is 1.62. The van der Waals surface area contributed by atoms with Gasteiger partial charge in [0.15, 0.2) is 0 Å². The van der Waals surface area contributed by atoms with Crippen LogP contribution in [0.15, 0.2) is 76.8 Å². The van der Waals surface area contributed by atoms with E-state index >= 15 is 0 Å². The first-order chi connectivity index (χ1) is 15.1. The van der Waals surface area contributed by atoms with Gasteiger partial charge < -0.3 is 9.30 Å². The molecule has 31 heavy (non-hydrogen) atoms. The number of benzene rings is 2. The molecule has 1 heterocycles. The van der Waals surface area contributed by atoms with Crippen molar-refractivity contribution in [2.75, 3.05) is 6.61 Å². The summed E-state index contributed by atoms with van der Waals surface area (Å²) in [5, 5.41) is 4.55. The van der Waals surface area contributed by atoms with Crippen LogP contribution in [0, 0.1) is 0 Å². The lowest BCUT2D eigenvalue weighted by atomic mass is 10.2. The van der Waals surface area contributed by atoms with Crippen molar-refractivity contribution in [3.63, 3.8) is 0 Å². The van der Waals surface area contributed by atoms with Gasteiger partial charge in [-0.15, -0.1) is 0 Å². The molecule has 160 valence electrons. The molecule has 3 rings (SSSR count). The van der Waals surface area contributed by atoms with Gasteiger partial charge in [0.2, 0.25) is 0 Å². The van der Waals surface area contributed by atoms with E-state index in [1.54, 1.807) is 24.4 Å². The first-order valence-electron chi connectivity index (χ1n) is 10.1. The Bertz CT molecular complexity index is 1110. The highest BCUT2D eigenvalue weighted by Crippen LogP contribution is 2.12. The van der Waals surface area contributed by atoms with E-state index in [4.69, 9.17) is 16.3 Å². The van der Waals surface area contributed by atoms with Gasteiger partial charge in [-0.3, -0.25) is 9.59 Å². The Hall–Kier alpha value is -3.38. The van der Waals surface area contributed by atoms with Gasteiger partial charge in [-0.05, 0) is 66.1 Å². The van der Waals surface area contributed by atoms with E-state index in [1.807, 2.05) is 36.4 Å². The first-order valence-corrected chi connectivity index (χ1v) is 10.4. The number of nitrogens with zero attached hydrogens (tertiary/aromatic N) is 2. The lowest BCUT2D eigenvalue weighted by Gasteiger charge is -2.08. The number of halogens is 1. The lowest BCUT2D eigenvalue weighted by molar-refractivity contribution is 0.0953. The van der Waals surface area contributed by atoms with Crippen LogP contribution < -0.4 is 15.7 Å². The summed E-state index contributed by atoms with van der Waals surface area (Å²) >= 11 is 6.00. The molecular weight excluding hydrogens is 414 g/mol. The maximum absolute atomic E-state index is 12.7. The summed E-state index contributed by atoms with van der Waals surface area (Å²) in [6.07, 6.45) is 5.24. The summed E-state index contributed by atoms with van der Waals surface area (Å²) in [5.74, 6) is 0.223. The smallest absolute Gasteiger partial charge is 0.276 e. The van der Waals surface area contributed by atoms with E-state index in [1.165, 1.54) is 16.8 Å². The van der Waals surface area contributed by atoms with Crippen LogP contribution in [0.3, 0.4) is 0 Å². The summed E-state index contributed by atoms with van der Waals surface area (Å²) in [6, 6.07) is 17.8. The Kier molecular flexibility index (Phi) is 8.01. The molecule has 0 spiro atoms. The van der Waals surface area contributed by atoms with Gasteiger partial charge in [-0.2, -0.15) is 5.10 Å². The standard InChI is InChI=1S/C24H24ClN3O3/c1-2-3-14-31-21-11-9-18(10-12-21)16-26-27-23(29)22-8-5-13-28(24(22)30)17-19-6-4-7-20(25)15-19/h4-13,15-16H,2-3,14,17H2,1H3,(H,27,29)/b26-16-. The Morgan fingerprint density at radius 3 is 2.71 bits per heavy atom. The summed E-state index contributed by atoms with van der Waals surface area (Å²) in [4.78, 5) is 25.1. The number of ether oxygens (including phenoxy) is 1. The van der Waals surface area contributed by atoms with Gasteiger partial charge in [-0.25, -0.2) is 5.43 Å². The van der Waals surface area contributed by atoms with E-state index < -0.39 is 11.5 Å². The minimum Gasteiger partial charge on any atom is -0.494 e. The van der Waals surface area contributed by atoms with Crippen molar-refractivity contribution in [3.8, 4) is 5.75 Å². The lowest BCUT2D eigenvalue weighted by Crippen LogP contribution is -2.30. The third-order valence-electron chi connectivity index (χ3n) is 4.53. The SMILES string of the molecule is CCCCOc1ccc(/C=N\NC(=O)c2cccn(Cc3cccc(Cl)c3)c2=O)cc1. The molecule has 3 aromatic rings. The average molecular weight is 438 g/mol. The Morgan fingerprint density at radius 2 is 1.97 bits per heavy atom. The quantitative estimate of drug-likeness (QED) is 0.304. The highest BCUT2D eigenvalue weighted by molar-refractivity contribution is 6.30. The topological polar surface area (TPSA) is 72.7 Å². The molecule has 0 aliphatic heterocycles. The van der Waals surface area contributed by atoms with Crippen LogP contribution >= 0.6 is 11.6 Å². The summed E-state index contributed by atoms with van der Waals surface area (Å²) in [7, 11) is 0. The maximum atomic E-state index is 12.7. The molecule has 0 unspecified atom stereocenters. The van der Waals surface area contributed by atoms with Crippen molar-refractivity contribution < 1.29 is 9.53 Å². The molecule has 1 N–H and O–H groups in total. The van der Waals surface area contributed by atoms with Gasteiger partial charge in [0.25, 0.3) is 11.5 Å². The fraction of sp³-hybridized carbons (Fsp3) is 0.208. The third kappa shape index (κ3) is 6.55. The van der Waals surface area contributed by atoms with E-state index in [9.17, 15) is 9.59 Å². The van der Waals surface area contributed by atoms with Crippen LogP contribution in [0.25, 0.3) is 0 Å². The minimum atomic E-state index is -0.568. The number of aromatic nitrogens is 1. The molecule has 0 saturated carbocycles. The number of carbonyl (C=O) groups excluding carboxylic acids is 1. The Labute approximate surface area is 186 Å². The molecule has 1 aromatic heterocycles. The van der Waals surface area contributed by atoms with E-state index in [-0.39, 0.29) is 5.56 Å². The molecule has 0 saturated heterocycles. The molecule has 7 heteroatoms. The molecule has 0 bridgehead atoms. The normalized spacial score (nSPS) is 10.9. The van der Waals surface area contributed by atoms with Gasteiger partial charge >= 0.3 is 0 Å². The van der Waals surface area contributed by atoms with Crippen molar-refractivity contribution in [2.45, 2.75) is 26.3 Å². The van der Waals surface area contributed by atoms with Crippen LogP contribution in [-0.4, -0.2) is 23.3 Å². The number of hydrazone groups is 1. The number of rotatable bonds is 9. The van der Waals surface area contributed by atoms with Crippen molar-refractivity contribution in [3.05, 3.63) is 98.9 Å². The molecule has 0 aliphatic carbocycles. The number of hydrogen-bond donors (Lipinski definition) is 1. The summed E-state index contributed by atoms with van der Waals surface area (Å²) < 4.78 is 7.08. The van der Waals surface area contributed by atoms with Crippen molar-refractivity contribution in [1.82, 2.24) is 9.99 Å². The van der Waals surface area contributed by atoms with Crippen molar-refractivity contribution in [2.24, 2.45) is 5.10 Å². The Morgan fingerprint density at radius 1 is 1.16 bits per heavy atom. The first kappa shape index (κ1) is 22.3. The third-order valence-corrected chi connectivity index (χ3v) is 4.77. The second-order valence-corrected chi connectivity index (χ2v) is 7.39. The van der Waals surface area contributed by atoms with Gasteiger partial charge in [-0.1, -0.05) is 37.1 Å². The molecule has 0 radical (unpaired) electrons. The second-order valence-electron chi connectivity index (χ2n) is 6.96. The van der Waals surface area contributed by atoms with Crippen LogP contribution in [0.2, 0.25) is 5.02 Å². The highest BCUT2D eigenvalue weighted by atomic mass is 35.5. The van der Waals surface area contributed by atoms with Gasteiger partial charge in [0, 0.05) is 11.2 Å². The highest BCUT2D eigenvalue weighted by Gasteiger charge is 2.11. The number of amides is 1. The fourth-order valence-corrected chi connectivity index (χ4v) is 3.09. The van der Waals surface area contributed by atoms with Crippen molar-refractivity contribution >= 4 is 23.7 Å². The second kappa shape index (κ2) is 11.1. The van der Waals surface area contributed by atoms with E-state index in [0.29, 0.717) is 18.2 Å². The molecule has 1 amide bonds. The van der Waals surface area contributed by atoms with E-state index in [2.05, 4.69) is 17.5 Å². The number of pyridine rings is 1. The minimum absolute atomic E-state index is 0.0151. The maximum Gasteiger partial charge on any atom is 0.276 e. The monoisotopic (exact) mass is 437 g/mol. The number of carbonyl (C=O) groups is 1. The van der Waals surface area contributed by atoms with Crippen molar-refractivity contribution in [1.29, 1.82) is 0 Å². The zero-order chi connectivity index (χ0) is 22.1. The summed E-state index contributed by atoms with van der Waals surface area (Å²) in [6.45, 7) is 3.11. The zero-order valence-corrected chi connectivity index (χ0v) is 18.0. The van der Waals surface area contributed by atoms with Crippen LogP contribution in [0.4, 0.5) is 0 Å². The summed E-state index contributed by atoms with van der Waals surface area (Å²) in [5.41, 5.74) is 3.69. The van der Waals surface area contributed by atoms with E-state index in [0.717, 1.165) is 29.7 Å². The predicted octanol–water partition coefficient (Wildman–Crippen LogP) is 4.49. The number of nitrogens with one attached hydrogen (secondary N) is 1. The molecule has 0 atom stereocenters. The largest absolute Gasteiger partial charge is 0.494 e. The molecular formula is C24H24ClN3O3. The van der Waals surface area contributed by atoms with Gasteiger partial charge in [0.05, 0.1) is 19.4 Å². The van der Waals surface area contributed by atoms with Crippen LogP contribution in [-0.2, 0) is 6.54 Å².